The second-order valence-corrected chi connectivity index (χ2v) is 5.89. The van der Waals surface area contributed by atoms with Crippen LogP contribution < -0.4 is 5.32 Å². The van der Waals surface area contributed by atoms with Crippen molar-refractivity contribution in [1.29, 1.82) is 0 Å². The Bertz CT molecular complexity index is 620. The molecule has 1 aromatic heterocycles. The molecule has 0 aliphatic rings. The van der Waals surface area contributed by atoms with Gasteiger partial charge in [-0.3, -0.25) is 4.79 Å². The van der Waals surface area contributed by atoms with E-state index in [-0.39, 0.29) is 5.91 Å². The SMILES string of the molecule is Cc1oc(-c2ccccc2)nc1CCC(=O)NCCCN(C)C. The predicted octanol–water partition coefficient (Wildman–Crippen LogP) is 2.65. The summed E-state index contributed by atoms with van der Waals surface area (Å²) in [5.41, 5.74) is 1.81. The van der Waals surface area contributed by atoms with Gasteiger partial charge in [0.05, 0.1) is 5.69 Å². The van der Waals surface area contributed by atoms with Gasteiger partial charge in [0, 0.05) is 24.9 Å². The molecule has 0 aliphatic carbocycles. The molecule has 1 N–H and O–H groups in total. The molecule has 0 saturated carbocycles. The Kier molecular flexibility index (Phi) is 6.35. The fourth-order valence-corrected chi connectivity index (χ4v) is 2.31. The minimum atomic E-state index is 0.0624. The van der Waals surface area contributed by atoms with E-state index in [2.05, 4.69) is 15.2 Å². The minimum absolute atomic E-state index is 0.0624. The molecule has 1 heterocycles. The standard InChI is InChI=1S/C18H25N3O2/c1-14-16(10-11-17(22)19-12-7-13-21(2)3)20-18(23-14)15-8-5-4-6-9-15/h4-6,8-9H,7,10-13H2,1-3H3,(H,19,22). The number of nitrogens with zero attached hydrogens (tertiary/aromatic N) is 2. The zero-order valence-electron chi connectivity index (χ0n) is 14.1. The second-order valence-electron chi connectivity index (χ2n) is 5.89. The van der Waals surface area contributed by atoms with Gasteiger partial charge in [0.25, 0.3) is 0 Å². The molecule has 0 atom stereocenters. The van der Waals surface area contributed by atoms with E-state index in [0.29, 0.717) is 25.3 Å². The van der Waals surface area contributed by atoms with Crippen LogP contribution in [0.25, 0.3) is 11.5 Å². The molecule has 124 valence electrons. The number of hydrogen-bond acceptors (Lipinski definition) is 4. The average Bonchev–Trinajstić information content (AvgIpc) is 2.91. The second kappa shape index (κ2) is 8.48. The van der Waals surface area contributed by atoms with Crippen LogP contribution in [0.1, 0.15) is 24.3 Å². The van der Waals surface area contributed by atoms with Crippen LogP contribution in [0.3, 0.4) is 0 Å². The topological polar surface area (TPSA) is 58.4 Å². The summed E-state index contributed by atoms with van der Waals surface area (Å²) in [5, 5.41) is 2.94. The van der Waals surface area contributed by atoms with Crippen LogP contribution in [0.4, 0.5) is 0 Å². The van der Waals surface area contributed by atoms with Crippen LogP contribution in [0.15, 0.2) is 34.7 Å². The molecule has 1 aromatic carbocycles. The zero-order valence-corrected chi connectivity index (χ0v) is 14.1. The molecule has 1 amide bonds. The number of amides is 1. The van der Waals surface area contributed by atoms with Crippen LogP contribution in [0, 0.1) is 6.92 Å². The summed E-state index contributed by atoms with van der Waals surface area (Å²) in [5.74, 6) is 1.46. The summed E-state index contributed by atoms with van der Waals surface area (Å²) in [6, 6.07) is 9.80. The van der Waals surface area contributed by atoms with Gasteiger partial charge in [0.2, 0.25) is 11.8 Å². The van der Waals surface area contributed by atoms with Crippen molar-refractivity contribution in [1.82, 2.24) is 15.2 Å². The van der Waals surface area contributed by atoms with Crippen molar-refractivity contribution in [3.05, 3.63) is 41.8 Å². The lowest BCUT2D eigenvalue weighted by atomic mass is 10.2. The van der Waals surface area contributed by atoms with Gasteiger partial charge < -0.3 is 14.6 Å². The van der Waals surface area contributed by atoms with Gasteiger partial charge in [-0.1, -0.05) is 18.2 Å². The first-order chi connectivity index (χ1) is 11.1. The molecule has 0 radical (unpaired) electrons. The number of aryl methyl sites for hydroxylation is 2. The molecule has 5 nitrogen and oxygen atoms in total. The van der Waals surface area contributed by atoms with E-state index in [1.165, 1.54) is 0 Å². The number of benzene rings is 1. The Morgan fingerprint density at radius 1 is 1.26 bits per heavy atom. The van der Waals surface area contributed by atoms with Crippen molar-refractivity contribution in [2.45, 2.75) is 26.2 Å². The third kappa shape index (κ3) is 5.53. The number of carbonyl (C=O) groups excluding carboxylic acids is 1. The molecular weight excluding hydrogens is 290 g/mol. The first kappa shape index (κ1) is 17.2. The van der Waals surface area contributed by atoms with Gasteiger partial charge in [-0.25, -0.2) is 4.98 Å². The number of oxazole rings is 1. The van der Waals surface area contributed by atoms with E-state index in [1.807, 2.05) is 51.4 Å². The highest BCUT2D eigenvalue weighted by molar-refractivity contribution is 5.76. The maximum Gasteiger partial charge on any atom is 0.226 e. The molecule has 0 unspecified atom stereocenters. The first-order valence-electron chi connectivity index (χ1n) is 7.99. The highest BCUT2D eigenvalue weighted by atomic mass is 16.4. The first-order valence-corrected chi connectivity index (χ1v) is 7.99. The summed E-state index contributed by atoms with van der Waals surface area (Å²) < 4.78 is 5.71. The summed E-state index contributed by atoms with van der Waals surface area (Å²) in [4.78, 5) is 18.5. The fraction of sp³-hybridized carbons (Fsp3) is 0.444. The Hall–Kier alpha value is -2.14. The van der Waals surface area contributed by atoms with E-state index in [0.717, 1.165) is 30.0 Å². The van der Waals surface area contributed by atoms with E-state index >= 15 is 0 Å². The number of hydrogen-bond donors (Lipinski definition) is 1. The van der Waals surface area contributed by atoms with Crippen LogP contribution >= 0.6 is 0 Å². The zero-order chi connectivity index (χ0) is 16.7. The Balaban J connectivity index is 1.82. The van der Waals surface area contributed by atoms with Crippen molar-refractivity contribution >= 4 is 5.91 Å². The molecule has 0 aliphatic heterocycles. The van der Waals surface area contributed by atoms with E-state index in [4.69, 9.17) is 4.42 Å². The molecule has 0 spiro atoms. The Morgan fingerprint density at radius 3 is 2.70 bits per heavy atom. The van der Waals surface area contributed by atoms with Gasteiger partial charge in [0.1, 0.15) is 5.76 Å². The van der Waals surface area contributed by atoms with Crippen molar-refractivity contribution in [2.24, 2.45) is 0 Å². The smallest absolute Gasteiger partial charge is 0.226 e. The summed E-state index contributed by atoms with van der Waals surface area (Å²) in [7, 11) is 4.05. The maximum atomic E-state index is 11.9. The number of nitrogens with one attached hydrogen (secondary N) is 1. The van der Waals surface area contributed by atoms with E-state index < -0.39 is 0 Å². The summed E-state index contributed by atoms with van der Waals surface area (Å²) in [6.45, 7) is 3.58. The normalized spacial score (nSPS) is 11.0. The average molecular weight is 315 g/mol. The largest absolute Gasteiger partial charge is 0.441 e. The lowest BCUT2D eigenvalue weighted by Crippen LogP contribution is -2.27. The maximum absolute atomic E-state index is 11.9. The van der Waals surface area contributed by atoms with Crippen molar-refractivity contribution < 1.29 is 9.21 Å². The van der Waals surface area contributed by atoms with E-state index in [9.17, 15) is 4.79 Å². The molecule has 2 rings (SSSR count). The molecule has 2 aromatic rings. The van der Waals surface area contributed by atoms with Gasteiger partial charge in [-0.15, -0.1) is 0 Å². The molecule has 0 saturated heterocycles. The highest BCUT2D eigenvalue weighted by Crippen LogP contribution is 2.21. The fourth-order valence-electron chi connectivity index (χ4n) is 2.31. The molecular formula is C18H25N3O2. The van der Waals surface area contributed by atoms with Crippen molar-refractivity contribution in [2.75, 3.05) is 27.2 Å². The van der Waals surface area contributed by atoms with E-state index in [1.54, 1.807) is 0 Å². The molecule has 23 heavy (non-hydrogen) atoms. The van der Waals surface area contributed by atoms with Gasteiger partial charge >= 0.3 is 0 Å². The number of rotatable bonds is 8. The predicted molar refractivity (Wildman–Crippen MR) is 91.2 cm³/mol. The third-order valence-electron chi connectivity index (χ3n) is 3.61. The summed E-state index contributed by atoms with van der Waals surface area (Å²) >= 11 is 0. The number of aromatic nitrogens is 1. The summed E-state index contributed by atoms with van der Waals surface area (Å²) in [6.07, 6.45) is 1.99. The minimum Gasteiger partial charge on any atom is -0.441 e. The monoisotopic (exact) mass is 315 g/mol. The lowest BCUT2D eigenvalue weighted by molar-refractivity contribution is -0.121. The third-order valence-corrected chi connectivity index (χ3v) is 3.61. The van der Waals surface area contributed by atoms with Crippen LogP contribution in [0.2, 0.25) is 0 Å². The lowest BCUT2D eigenvalue weighted by Gasteiger charge is -2.09. The number of carbonyl (C=O) groups is 1. The highest BCUT2D eigenvalue weighted by Gasteiger charge is 2.12. The van der Waals surface area contributed by atoms with Gasteiger partial charge in [-0.05, 0) is 46.1 Å². The quantitative estimate of drug-likeness (QED) is 0.761. The molecule has 5 heteroatoms. The Morgan fingerprint density at radius 2 is 2.00 bits per heavy atom. The van der Waals surface area contributed by atoms with Crippen LogP contribution in [-0.2, 0) is 11.2 Å². The van der Waals surface area contributed by atoms with Crippen LogP contribution in [0.5, 0.6) is 0 Å². The van der Waals surface area contributed by atoms with Gasteiger partial charge in [-0.2, -0.15) is 0 Å². The molecule has 0 bridgehead atoms. The van der Waals surface area contributed by atoms with Gasteiger partial charge in [0.15, 0.2) is 0 Å². The molecule has 0 fully saturated rings. The van der Waals surface area contributed by atoms with Crippen molar-refractivity contribution in [3.63, 3.8) is 0 Å². The van der Waals surface area contributed by atoms with Crippen LogP contribution in [-0.4, -0.2) is 43.0 Å². The van der Waals surface area contributed by atoms with Crippen molar-refractivity contribution in [3.8, 4) is 11.5 Å². The Labute approximate surface area is 137 Å².